The van der Waals surface area contributed by atoms with Gasteiger partial charge in [0.2, 0.25) is 0 Å². The molecule has 0 rings (SSSR count). The third-order valence-electron chi connectivity index (χ3n) is 1.33. The molecular formula is C5H6F4O4S. The van der Waals surface area contributed by atoms with E-state index in [1.165, 1.54) is 0 Å². The lowest BCUT2D eigenvalue weighted by Crippen LogP contribution is -2.46. The maximum absolute atomic E-state index is 12.4. The summed E-state index contributed by atoms with van der Waals surface area (Å²) in [4.78, 5) is 9.64. The van der Waals surface area contributed by atoms with Crippen molar-refractivity contribution in [1.82, 2.24) is 0 Å². The van der Waals surface area contributed by atoms with Crippen LogP contribution >= 0.6 is 0 Å². The molecule has 0 atom stereocenters. The standard InChI is InChI=1S/C5H6F4O4S/c6-4(7,2-1-3-10)5(8,9)14(11,12)13/h3H,1-2H2,(H,11,12,13). The molecule has 9 heteroatoms. The van der Waals surface area contributed by atoms with Gasteiger partial charge in [0.25, 0.3) is 0 Å². The molecule has 0 saturated heterocycles. The van der Waals surface area contributed by atoms with E-state index in [4.69, 9.17) is 4.55 Å². The van der Waals surface area contributed by atoms with Crippen molar-refractivity contribution in [2.45, 2.75) is 24.0 Å². The third kappa shape index (κ3) is 2.41. The van der Waals surface area contributed by atoms with Crippen LogP contribution in [-0.2, 0) is 14.9 Å². The topological polar surface area (TPSA) is 71.4 Å². The Morgan fingerprint density at radius 3 is 1.93 bits per heavy atom. The molecule has 0 aliphatic carbocycles. The summed E-state index contributed by atoms with van der Waals surface area (Å²) >= 11 is 0. The van der Waals surface area contributed by atoms with Crippen molar-refractivity contribution in [2.24, 2.45) is 0 Å². The Balaban J connectivity index is 4.97. The van der Waals surface area contributed by atoms with Gasteiger partial charge >= 0.3 is 21.3 Å². The van der Waals surface area contributed by atoms with Crippen LogP contribution in [-0.4, -0.2) is 30.4 Å². The summed E-state index contributed by atoms with van der Waals surface area (Å²) < 4.78 is 77.2. The van der Waals surface area contributed by atoms with E-state index in [0.717, 1.165) is 0 Å². The van der Waals surface area contributed by atoms with E-state index in [1.807, 2.05) is 0 Å². The summed E-state index contributed by atoms with van der Waals surface area (Å²) in [6.45, 7) is 0. The molecule has 0 unspecified atom stereocenters. The van der Waals surface area contributed by atoms with Gasteiger partial charge in [0.1, 0.15) is 6.29 Å². The van der Waals surface area contributed by atoms with Crippen molar-refractivity contribution in [2.75, 3.05) is 0 Å². The fourth-order valence-corrected chi connectivity index (χ4v) is 1.05. The van der Waals surface area contributed by atoms with Crippen LogP contribution in [0.2, 0.25) is 0 Å². The quantitative estimate of drug-likeness (QED) is 0.442. The molecule has 0 aromatic rings. The van der Waals surface area contributed by atoms with E-state index in [9.17, 15) is 30.8 Å². The van der Waals surface area contributed by atoms with Crippen molar-refractivity contribution >= 4 is 16.4 Å². The molecule has 0 spiro atoms. The highest BCUT2D eigenvalue weighted by Gasteiger charge is 2.64. The number of hydrogen-bond acceptors (Lipinski definition) is 3. The monoisotopic (exact) mass is 238 g/mol. The van der Waals surface area contributed by atoms with Crippen molar-refractivity contribution in [3.63, 3.8) is 0 Å². The summed E-state index contributed by atoms with van der Waals surface area (Å²) in [6.07, 6.45) is -2.64. The van der Waals surface area contributed by atoms with E-state index in [2.05, 4.69) is 0 Å². The largest absolute Gasteiger partial charge is 0.431 e. The molecule has 0 bridgehead atoms. The predicted octanol–water partition coefficient (Wildman–Crippen LogP) is 1.08. The summed E-state index contributed by atoms with van der Waals surface area (Å²) in [5.41, 5.74) is 0. The summed E-state index contributed by atoms with van der Waals surface area (Å²) in [5, 5.41) is -5.58. The highest BCUT2D eigenvalue weighted by molar-refractivity contribution is 7.87. The van der Waals surface area contributed by atoms with Crippen LogP contribution in [0, 0.1) is 0 Å². The van der Waals surface area contributed by atoms with Crippen LogP contribution in [0.3, 0.4) is 0 Å². The highest BCUT2D eigenvalue weighted by Crippen LogP contribution is 2.40. The zero-order chi connectivity index (χ0) is 11.6. The normalized spacial score (nSPS) is 14.1. The fraction of sp³-hybridized carbons (Fsp3) is 0.800. The number of rotatable bonds is 5. The van der Waals surface area contributed by atoms with Crippen LogP contribution in [0.1, 0.15) is 12.8 Å². The SMILES string of the molecule is O=CCCC(F)(F)C(F)(F)S(=O)(=O)O. The minimum atomic E-state index is -6.19. The molecule has 0 fully saturated rings. The van der Waals surface area contributed by atoms with Gasteiger partial charge in [-0.2, -0.15) is 26.0 Å². The molecule has 0 aliphatic heterocycles. The number of halogens is 4. The second kappa shape index (κ2) is 3.81. The highest BCUT2D eigenvalue weighted by atomic mass is 32.2. The first-order chi connectivity index (χ1) is 6.06. The Bertz CT molecular complexity index is 310. The number of hydrogen-bond donors (Lipinski definition) is 1. The smallest absolute Gasteiger partial charge is 0.303 e. The number of alkyl halides is 4. The molecule has 0 radical (unpaired) electrons. The summed E-state index contributed by atoms with van der Waals surface area (Å²) in [6, 6.07) is 0. The van der Waals surface area contributed by atoms with E-state index in [1.54, 1.807) is 0 Å². The average Bonchev–Trinajstić information content (AvgIpc) is 1.98. The minimum Gasteiger partial charge on any atom is -0.303 e. The maximum atomic E-state index is 12.4. The summed E-state index contributed by atoms with van der Waals surface area (Å²) in [7, 11) is -6.19. The molecule has 4 nitrogen and oxygen atoms in total. The number of aldehydes is 1. The molecule has 0 aromatic carbocycles. The van der Waals surface area contributed by atoms with Gasteiger partial charge in [0.05, 0.1) is 0 Å². The predicted molar refractivity (Wildman–Crippen MR) is 36.7 cm³/mol. The average molecular weight is 238 g/mol. The van der Waals surface area contributed by atoms with Crippen molar-refractivity contribution in [1.29, 1.82) is 0 Å². The van der Waals surface area contributed by atoms with E-state index in [0.29, 0.717) is 0 Å². The number of carbonyl (C=O) groups is 1. The van der Waals surface area contributed by atoms with Crippen LogP contribution < -0.4 is 0 Å². The van der Waals surface area contributed by atoms with Gasteiger partial charge in [-0.25, -0.2) is 0 Å². The number of carbonyl (C=O) groups excluding carboxylic acids is 1. The molecule has 0 aromatic heterocycles. The first-order valence-electron chi connectivity index (χ1n) is 3.22. The van der Waals surface area contributed by atoms with Crippen LogP contribution in [0.25, 0.3) is 0 Å². The Morgan fingerprint density at radius 1 is 1.21 bits per heavy atom. The van der Waals surface area contributed by atoms with Crippen molar-refractivity contribution in [3.05, 3.63) is 0 Å². The van der Waals surface area contributed by atoms with Crippen LogP contribution in [0.15, 0.2) is 0 Å². The zero-order valence-corrected chi connectivity index (χ0v) is 7.40. The first-order valence-corrected chi connectivity index (χ1v) is 4.66. The van der Waals surface area contributed by atoms with Crippen LogP contribution in [0.5, 0.6) is 0 Å². The molecule has 0 saturated carbocycles. The van der Waals surface area contributed by atoms with Gasteiger partial charge in [-0.15, -0.1) is 0 Å². The molecule has 84 valence electrons. The lowest BCUT2D eigenvalue weighted by molar-refractivity contribution is -0.165. The first kappa shape index (κ1) is 13.3. The molecule has 0 amide bonds. The van der Waals surface area contributed by atoms with Gasteiger partial charge in [-0.05, 0) is 0 Å². The second-order valence-electron chi connectivity index (χ2n) is 2.40. The van der Waals surface area contributed by atoms with Crippen molar-refractivity contribution < 1.29 is 35.3 Å². The lowest BCUT2D eigenvalue weighted by Gasteiger charge is -2.22. The molecule has 1 N–H and O–H groups in total. The van der Waals surface area contributed by atoms with Gasteiger partial charge in [-0.3, -0.25) is 4.55 Å². The van der Waals surface area contributed by atoms with Gasteiger partial charge in [0.15, 0.2) is 0 Å². The second-order valence-corrected chi connectivity index (χ2v) is 3.86. The van der Waals surface area contributed by atoms with Gasteiger partial charge in [0, 0.05) is 12.8 Å². The van der Waals surface area contributed by atoms with E-state index in [-0.39, 0.29) is 6.29 Å². The lowest BCUT2D eigenvalue weighted by atomic mass is 10.2. The van der Waals surface area contributed by atoms with Crippen molar-refractivity contribution in [3.8, 4) is 0 Å². The molecular weight excluding hydrogens is 232 g/mol. The fourth-order valence-electron chi connectivity index (χ4n) is 0.574. The van der Waals surface area contributed by atoms with Gasteiger partial charge < -0.3 is 4.79 Å². The Hall–Kier alpha value is -0.700. The molecule has 0 aliphatic rings. The summed E-state index contributed by atoms with van der Waals surface area (Å²) in [5.74, 6) is -4.97. The third-order valence-corrected chi connectivity index (χ3v) is 2.27. The van der Waals surface area contributed by atoms with E-state index < -0.39 is 34.1 Å². The van der Waals surface area contributed by atoms with Crippen LogP contribution in [0.4, 0.5) is 17.6 Å². The minimum absolute atomic E-state index is 0.0615. The maximum Gasteiger partial charge on any atom is 0.431 e. The van der Waals surface area contributed by atoms with E-state index >= 15 is 0 Å². The zero-order valence-electron chi connectivity index (χ0n) is 6.58. The molecule has 0 heterocycles. The Labute approximate surface area is 76.7 Å². The van der Waals surface area contributed by atoms with Gasteiger partial charge in [-0.1, -0.05) is 0 Å². The molecule has 14 heavy (non-hydrogen) atoms. The Morgan fingerprint density at radius 2 is 1.64 bits per heavy atom. The Kier molecular flexibility index (Phi) is 3.62.